The molecule has 5 nitrogen and oxygen atoms in total. The normalized spacial score (nSPS) is 19.0. The van der Waals surface area contributed by atoms with E-state index in [9.17, 15) is 9.59 Å². The van der Waals surface area contributed by atoms with E-state index in [1.165, 1.54) is 7.11 Å². The summed E-state index contributed by atoms with van der Waals surface area (Å²) in [5, 5.41) is 2.84. The molecule has 0 saturated carbocycles. The molecular weight excluding hydrogens is 336 g/mol. The molecule has 2 rings (SSSR count). The molecule has 1 saturated heterocycles. The van der Waals surface area contributed by atoms with Crippen molar-refractivity contribution >= 4 is 33.5 Å². The van der Waals surface area contributed by atoms with Crippen LogP contribution in [0, 0.1) is 0 Å². The molecule has 1 N–H and O–H groups in total. The third-order valence-electron chi connectivity index (χ3n) is 3.54. The lowest BCUT2D eigenvalue weighted by Crippen LogP contribution is -2.48. The second-order valence-electron chi connectivity index (χ2n) is 5.06. The van der Waals surface area contributed by atoms with Crippen LogP contribution in [0.4, 0.5) is 5.69 Å². The number of methoxy groups -OCH3 is 1. The van der Waals surface area contributed by atoms with E-state index in [2.05, 4.69) is 21.2 Å². The van der Waals surface area contributed by atoms with Gasteiger partial charge in [0.15, 0.2) is 0 Å². The molecule has 0 aromatic heterocycles. The van der Waals surface area contributed by atoms with E-state index < -0.39 is 0 Å². The summed E-state index contributed by atoms with van der Waals surface area (Å²) in [6.45, 7) is 0.942. The first kappa shape index (κ1) is 16.0. The number of carbonyl (C=O) groups excluding carboxylic acids is 2. The van der Waals surface area contributed by atoms with Crippen molar-refractivity contribution in [3.05, 3.63) is 28.7 Å². The molecule has 1 aromatic carbocycles. The molecule has 6 heteroatoms. The number of anilines is 1. The zero-order valence-electron chi connectivity index (χ0n) is 12.0. The molecule has 1 aliphatic heterocycles. The predicted molar refractivity (Wildman–Crippen MR) is 84.0 cm³/mol. The third-order valence-corrected chi connectivity index (χ3v) is 4.04. The number of likely N-dealkylation sites (tertiary alicyclic amines) is 1. The molecule has 1 atom stereocenters. The van der Waals surface area contributed by atoms with Crippen LogP contribution < -0.4 is 5.32 Å². The van der Waals surface area contributed by atoms with Gasteiger partial charge in [-0.2, -0.15) is 0 Å². The van der Waals surface area contributed by atoms with Crippen LogP contribution in [-0.2, 0) is 14.3 Å². The molecule has 1 fully saturated rings. The molecular formula is C15H19BrN2O3. The highest BCUT2D eigenvalue weighted by Crippen LogP contribution is 2.19. The van der Waals surface area contributed by atoms with E-state index in [0.717, 1.165) is 36.0 Å². The maximum atomic E-state index is 12.1. The molecule has 1 aromatic rings. The van der Waals surface area contributed by atoms with Crippen LogP contribution in [0.1, 0.15) is 19.3 Å². The van der Waals surface area contributed by atoms with Crippen LogP contribution in [0.25, 0.3) is 0 Å². The van der Waals surface area contributed by atoms with Crippen LogP contribution in [-0.4, -0.2) is 43.0 Å². The minimum absolute atomic E-state index is 0.121. The minimum Gasteiger partial charge on any atom is -0.468 e. The molecule has 0 spiro atoms. The highest BCUT2D eigenvalue weighted by Gasteiger charge is 2.30. The average Bonchev–Trinajstić information content (AvgIpc) is 2.47. The molecule has 1 heterocycles. The molecule has 0 aliphatic carbocycles. The highest BCUT2D eigenvalue weighted by molar-refractivity contribution is 9.10. The fourth-order valence-electron chi connectivity index (χ4n) is 2.53. The van der Waals surface area contributed by atoms with E-state index in [4.69, 9.17) is 4.74 Å². The topological polar surface area (TPSA) is 58.6 Å². The predicted octanol–water partition coefficient (Wildman–Crippen LogP) is 2.42. The second-order valence-corrected chi connectivity index (χ2v) is 5.98. The van der Waals surface area contributed by atoms with Gasteiger partial charge in [0.2, 0.25) is 5.91 Å². The Kier molecular flexibility index (Phi) is 5.76. The molecule has 0 radical (unpaired) electrons. The summed E-state index contributed by atoms with van der Waals surface area (Å²) in [6, 6.07) is 7.12. The lowest BCUT2D eigenvalue weighted by molar-refractivity contribution is -0.148. The maximum absolute atomic E-state index is 12.1. The molecule has 1 amide bonds. The Morgan fingerprint density at radius 2 is 2.24 bits per heavy atom. The number of rotatable bonds is 4. The Morgan fingerprint density at radius 3 is 2.95 bits per heavy atom. The van der Waals surface area contributed by atoms with Crippen molar-refractivity contribution in [1.82, 2.24) is 4.90 Å². The fourth-order valence-corrected chi connectivity index (χ4v) is 2.93. The summed E-state index contributed by atoms with van der Waals surface area (Å²) in [5.74, 6) is -0.381. The number of nitrogens with zero attached hydrogens (tertiary/aromatic N) is 1. The Balaban J connectivity index is 1.95. The summed E-state index contributed by atoms with van der Waals surface area (Å²) in [4.78, 5) is 25.8. The maximum Gasteiger partial charge on any atom is 0.323 e. The highest BCUT2D eigenvalue weighted by atomic mass is 79.9. The lowest BCUT2D eigenvalue weighted by Gasteiger charge is -2.32. The van der Waals surface area contributed by atoms with Gasteiger partial charge in [0.05, 0.1) is 13.7 Å². The second kappa shape index (κ2) is 7.56. The van der Waals surface area contributed by atoms with E-state index in [1.54, 1.807) is 0 Å². The van der Waals surface area contributed by atoms with E-state index in [-0.39, 0.29) is 24.5 Å². The quantitative estimate of drug-likeness (QED) is 0.843. The summed E-state index contributed by atoms with van der Waals surface area (Å²) >= 11 is 3.37. The fraction of sp³-hybridized carbons (Fsp3) is 0.467. The van der Waals surface area contributed by atoms with Gasteiger partial charge in [-0.1, -0.05) is 28.4 Å². The zero-order valence-corrected chi connectivity index (χ0v) is 13.6. The number of esters is 1. The van der Waals surface area contributed by atoms with Crippen molar-refractivity contribution in [1.29, 1.82) is 0 Å². The number of amides is 1. The number of hydrogen-bond donors (Lipinski definition) is 1. The Hall–Kier alpha value is -1.40. The van der Waals surface area contributed by atoms with Gasteiger partial charge < -0.3 is 10.1 Å². The molecule has 21 heavy (non-hydrogen) atoms. The number of carbonyl (C=O) groups is 2. The Labute approximate surface area is 132 Å². The number of nitrogens with one attached hydrogen (secondary N) is 1. The Bertz CT molecular complexity index is 521. The molecule has 114 valence electrons. The number of halogens is 1. The van der Waals surface area contributed by atoms with Crippen LogP contribution in [0.5, 0.6) is 0 Å². The van der Waals surface area contributed by atoms with Crippen molar-refractivity contribution < 1.29 is 14.3 Å². The van der Waals surface area contributed by atoms with E-state index >= 15 is 0 Å². The first-order valence-corrected chi connectivity index (χ1v) is 7.77. The van der Waals surface area contributed by atoms with E-state index in [1.807, 2.05) is 29.2 Å². The number of piperidine rings is 1. The lowest BCUT2D eigenvalue weighted by atomic mass is 10.0. The summed E-state index contributed by atoms with van der Waals surface area (Å²) in [6.07, 6.45) is 2.73. The van der Waals surface area contributed by atoms with Crippen molar-refractivity contribution in [3.8, 4) is 0 Å². The number of ether oxygens (including phenoxy) is 1. The van der Waals surface area contributed by atoms with Crippen LogP contribution in [0.3, 0.4) is 0 Å². The third kappa shape index (κ3) is 4.54. The smallest absolute Gasteiger partial charge is 0.323 e. The van der Waals surface area contributed by atoms with Gasteiger partial charge in [-0.25, -0.2) is 0 Å². The van der Waals surface area contributed by atoms with Gasteiger partial charge in [0, 0.05) is 10.2 Å². The SMILES string of the molecule is COC(=O)C1CCCCN1CC(=O)Nc1cccc(Br)c1. The van der Waals surface area contributed by atoms with Gasteiger partial charge in [-0.15, -0.1) is 0 Å². The Morgan fingerprint density at radius 1 is 1.43 bits per heavy atom. The standard InChI is InChI=1S/C15H19BrN2O3/c1-21-15(20)13-7-2-3-8-18(13)10-14(19)17-12-6-4-5-11(16)9-12/h4-6,9,13H,2-3,7-8,10H2,1H3,(H,17,19). The van der Waals surface area contributed by atoms with Crippen molar-refractivity contribution in [3.63, 3.8) is 0 Å². The summed E-state index contributed by atoms with van der Waals surface area (Å²) in [5.41, 5.74) is 0.737. The molecule has 0 bridgehead atoms. The van der Waals surface area contributed by atoms with E-state index in [0.29, 0.717) is 0 Å². The molecule has 1 unspecified atom stereocenters. The van der Waals surface area contributed by atoms with Gasteiger partial charge >= 0.3 is 5.97 Å². The molecule has 1 aliphatic rings. The first-order chi connectivity index (χ1) is 10.1. The first-order valence-electron chi connectivity index (χ1n) is 6.97. The number of hydrogen-bond acceptors (Lipinski definition) is 4. The van der Waals surface area contributed by atoms with Crippen LogP contribution in [0.15, 0.2) is 28.7 Å². The largest absolute Gasteiger partial charge is 0.468 e. The van der Waals surface area contributed by atoms with Crippen LogP contribution in [0.2, 0.25) is 0 Å². The average molecular weight is 355 g/mol. The van der Waals surface area contributed by atoms with Gasteiger partial charge in [-0.3, -0.25) is 14.5 Å². The van der Waals surface area contributed by atoms with Gasteiger partial charge in [0.1, 0.15) is 6.04 Å². The van der Waals surface area contributed by atoms with Crippen LogP contribution >= 0.6 is 15.9 Å². The van der Waals surface area contributed by atoms with Crippen molar-refractivity contribution in [2.24, 2.45) is 0 Å². The van der Waals surface area contributed by atoms with Gasteiger partial charge in [0.25, 0.3) is 0 Å². The monoisotopic (exact) mass is 354 g/mol. The van der Waals surface area contributed by atoms with Crippen molar-refractivity contribution in [2.75, 3.05) is 25.5 Å². The summed E-state index contributed by atoms with van der Waals surface area (Å²) < 4.78 is 5.73. The van der Waals surface area contributed by atoms with Crippen molar-refractivity contribution in [2.45, 2.75) is 25.3 Å². The minimum atomic E-state index is -0.308. The summed E-state index contributed by atoms with van der Waals surface area (Å²) in [7, 11) is 1.39. The zero-order chi connectivity index (χ0) is 15.2. The van der Waals surface area contributed by atoms with Gasteiger partial charge in [-0.05, 0) is 37.6 Å². The number of benzene rings is 1.